The van der Waals surface area contributed by atoms with Gasteiger partial charge in [0.05, 0.1) is 10.6 Å². The van der Waals surface area contributed by atoms with Crippen molar-refractivity contribution in [3.63, 3.8) is 0 Å². The number of hydrogen-bond donors (Lipinski definition) is 1. The lowest BCUT2D eigenvalue weighted by molar-refractivity contribution is 1.15. The highest BCUT2D eigenvalue weighted by molar-refractivity contribution is 6.31. The second-order valence-electron chi connectivity index (χ2n) is 4.84. The molecule has 3 aromatic rings. The summed E-state index contributed by atoms with van der Waals surface area (Å²) in [5, 5.41) is 15.2. The quantitative estimate of drug-likeness (QED) is 0.739. The predicted molar refractivity (Wildman–Crippen MR) is 87.4 cm³/mol. The van der Waals surface area contributed by atoms with Crippen LogP contribution in [-0.2, 0) is 6.54 Å². The summed E-state index contributed by atoms with van der Waals surface area (Å²) >= 11 is 5.93. The second-order valence-corrected chi connectivity index (χ2v) is 5.25. The molecular weight excluding hydrogens is 280 g/mol. The van der Waals surface area contributed by atoms with Gasteiger partial charge in [-0.2, -0.15) is 5.26 Å². The van der Waals surface area contributed by atoms with Gasteiger partial charge in [0, 0.05) is 12.2 Å². The number of rotatable bonds is 3. The fraction of sp³-hybridized carbons (Fsp3) is 0.0556. The van der Waals surface area contributed by atoms with Crippen LogP contribution in [0, 0.1) is 11.3 Å². The molecule has 0 unspecified atom stereocenters. The molecule has 0 amide bonds. The van der Waals surface area contributed by atoms with Crippen LogP contribution in [0.25, 0.3) is 10.8 Å². The van der Waals surface area contributed by atoms with E-state index in [9.17, 15) is 0 Å². The van der Waals surface area contributed by atoms with Crippen LogP contribution >= 0.6 is 11.6 Å². The van der Waals surface area contributed by atoms with Gasteiger partial charge in [-0.1, -0.05) is 48.0 Å². The molecule has 3 heteroatoms. The van der Waals surface area contributed by atoms with E-state index < -0.39 is 0 Å². The van der Waals surface area contributed by atoms with Crippen LogP contribution in [-0.4, -0.2) is 0 Å². The summed E-state index contributed by atoms with van der Waals surface area (Å²) < 4.78 is 0. The van der Waals surface area contributed by atoms with Crippen LogP contribution in [0.4, 0.5) is 5.69 Å². The molecule has 0 bridgehead atoms. The van der Waals surface area contributed by atoms with Crippen molar-refractivity contribution in [3.05, 3.63) is 76.8 Å². The maximum Gasteiger partial charge on any atom is 0.101 e. The maximum atomic E-state index is 8.98. The standard InChI is InChI=1S/C18H13ClN2/c19-18-8-7-17(10-16(18)11-20)21-12-13-5-6-14-3-1-2-4-15(14)9-13/h1-10,21H,12H2. The van der Waals surface area contributed by atoms with Crippen molar-refractivity contribution in [2.75, 3.05) is 5.32 Å². The molecule has 0 heterocycles. The SMILES string of the molecule is N#Cc1cc(NCc2ccc3ccccc3c2)ccc1Cl. The van der Waals surface area contributed by atoms with Crippen molar-refractivity contribution < 1.29 is 0 Å². The predicted octanol–water partition coefficient (Wildman–Crippen LogP) is 4.98. The molecule has 3 rings (SSSR count). The van der Waals surface area contributed by atoms with Crippen LogP contribution in [0.3, 0.4) is 0 Å². The summed E-state index contributed by atoms with van der Waals surface area (Å²) in [6.07, 6.45) is 0. The molecule has 0 aliphatic heterocycles. The van der Waals surface area contributed by atoms with E-state index in [0.717, 1.165) is 5.69 Å². The monoisotopic (exact) mass is 292 g/mol. The van der Waals surface area contributed by atoms with Gasteiger partial charge in [-0.25, -0.2) is 0 Å². The Morgan fingerprint density at radius 2 is 1.76 bits per heavy atom. The Labute approximate surface area is 128 Å². The Kier molecular flexibility index (Phi) is 3.77. The van der Waals surface area contributed by atoms with E-state index in [4.69, 9.17) is 16.9 Å². The lowest BCUT2D eigenvalue weighted by Gasteiger charge is -2.08. The van der Waals surface area contributed by atoms with Crippen LogP contribution in [0.5, 0.6) is 0 Å². The molecule has 0 aliphatic rings. The smallest absolute Gasteiger partial charge is 0.101 e. The van der Waals surface area contributed by atoms with Gasteiger partial charge >= 0.3 is 0 Å². The number of nitrogens with zero attached hydrogens (tertiary/aromatic N) is 1. The average molecular weight is 293 g/mol. The Bertz CT molecular complexity index is 834. The fourth-order valence-corrected chi connectivity index (χ4v) is 2.43. The molecule has 0 saturated carbocycles. The first-order valence-electron chi connectivity index (χ1n) is 6.67. The van der Waals surface area contributed by atoms with E-state index in [1.165, 1.54) is 16.3 Å². The second kappa shape index (κ2) is 5.87. The first-order valence-corrected chi connectivity index (χ1v) is 7.05. The summed E-state index contributed by atoms with van der Waals surface area (Å²) in [7, 11) is 0. The van der Waals surface area contributed by atoms with Crippen LogP contribution in [0.1, 0.15) is 11.1 Å². The third-order valence-corrected chi connectivity index (χ3v) is 3.73. The molecule has 0 radical (unpaired) electrons. The summed E-state index contributed by atoms with van der Waals surface area (Å²) in [5.41, 5.74) is 2.58. The lowest BCUT2D eigenvalue weighted by atomic mass is 10.1. The third kappa shape index (κ3) is 2.99. The number of hydrogen-bond acceptors (Lipinski definition) is 2. The molecule has 1 N–H and O–H groups in total. The minimum absolute atomic E-state index is 0.480. The molecule has 0 saturated heterocycles. The summed E-state index contributed by atoms with van der Waals surface area (Å²) in [6, 6.07) is 22.2. The molecule has 0 atom stereocenters. The van der Waals surface area contributed by atoms with Crippen LogP contribution < -0.4 is 5.32 Å². The summed E-state index contributed by atoms with van der Waals surface area (Å²) in [5.74, 6) is 0. The minimum Gasteiger partial charge on any atom is -0.381 e. The highest BCUT2D eigenvalue weighted by atomic mass is 35.5. The molecule has 0 aromatic heterocycles. The Hall–Kier alpha value is -2.50. The van der Waals surface area contributed by atoms with Crippen molar-refractivity contribution in [2.24, 2.45) is 0 Å². The molecule has 21 heavy (non-hydrogen) atoms. The van der Waals surface area contributed by atoms with Gasteiger partial charge in [0.1, 0.15) is 6.07 Å². The van der Waals surface area contributed by atoms with Gasteiger partial charge in [-0.15, -0.1) is 0 Å². The van der Waals surface area contributed by atoms with Crippen molar-refractivity contribution in [1.82, 2.24) is 0 Å². The Balaban J connectivity index is 1.78. The third-order valence-electron chi connectivity index (χ3n) is 3.40. The van der Waals surface area contributed by atoms with E-state index >= 15 is 0 Å². The van der Waals surface area contributed by atoms with Gasteiger partial charge in [-0.05, 0) is 40.6 Å². The first kappa shape index (κ1) is 13.5. The first-order chi connectivity index (χ1) is 10.3. The fourth-order valence-electron chi connectivity index (χ4n) is 2.27. The zero-order valence-electron chi connectivity index (χ0n) is 11.3. The number of nitrogens with one attached hydrogen (secondary N) is 1. The zero-order valence-corrected chi connectivity index (χ0v) is 12.1. The number of fused-ring (bicyclic) bond motifs is 1. The molecule has 2 nitrogen and oxygen atoms in total. The Morgan fingerprint density at radius 3 is 2.57 bits per heavy atom. The number of nitriles is 1. The van der Waals surface area contributed by atoms with E-state index in [1.54, 1.807) is 12.1 Å². The largest absolute Gasteiger partial charge is 0.381 e. The van der Waals surface area contributed by atoms with Gasteiger partial charge in [0.15, 0.2) is 0 Å². The highest BCUT2D eigenvalue weighted by Gasteiger charge is 2.01. The zero-order chi connectivity index (χ0) is 14.7. The van der Waals surface area contributed by atoms with E-state index in [-0.39, 0.29) is 0 Å². The lowest BCUT2D eigenvalue weighted by Crippen LogP contribution is -1.99. The minimum atomic E-state index is 0.480. The number of benzene rings is 3. The summed E-state index contributed by atoms with van der Waals surface area (Å²) in [4.78, 5) is 0. The van der Waals surface area contributed by atoms with Gasteiger partial charge in [-0.3, -0.25) is 0 Å². The van der Waals surface area contributed by atoms with Crippen molar-refractivity contribution in [3.8, 4) is 6.07 Å². The van der Waals surface area contributed by atoms with Gasteiger partial charge < -0.3 is 5.32 Å². The van der Waals surface area contributed by atoms with Crippen molar-refractivity contribution in [1.29, 1.82) is 5.26 Å². The molecule has 0 aliphatic carbocycles. The topological polar surface area (TPSA) is 35.8 Å². The van der Waals surface area contributed by atoms with E-state index in [1.807, 2.05) is 18.2 Å². The molecule has 102 valence electrons. The van der Waals surface area contributed by atoms with E-state index in [0.29, 0.717) is 17.1 Å². The van der Waals surface area contributed by atoms with Gasteiger partial charge in [0.2, 0.25) is 0 Å². The van der Waals surface area contributed by atoms with Crippen molar-refractivity contribution >= 4 is 28.1 Å². The average Bonchev–Trinajstić information content (AvgIpc) is 2.54. The van der Waals surface area contributed by atoms with Crippen LogP contribution in [0.15, 0.2) is 60.7 Å². The highest BCUT2D eigenvalue weighted by Crippen LogP contribution is 2.21. The molecule has 3 aromatic carbocycles. The number of halogens is 1. The molecule has 0 fully saturated rings. The normalized spacial score (nSPS) is 10.3. The molecule has 0 spiro atoms. The van der Waals surface area contributed by atoms with Gasteiger partial charge in [0.25, 0.3) is 0 Å². The maximum absolute atomic E-state index is 8.98. The Morgan fingerprint density at radius 1 is 0.952 bits per heavy atom. The van der Waals surface area contributed by atoms with Crippen molar-refractivity contribution in [2.45, 2.75) is 6.54 Å². The molecular formula is C18H13ClN2. The van der Waals surface area contributed by atoms with Crippen LogP contribution in [0.2, 0.25) is 5.02 Å². The number of anilines is 1. The summed E-state index contributed by atoms with van der Waals surface area (Å²) in [6.45, 7) is 0.706. The van der Waals surface area contributed by atoms with E-state index in [2.05, 4.69) is 41.7 Å².